The van der Waals surface area contributed by atoms with E-state index in [-0.39, 0.29) is 141 Å². The van der Waals surface area contributed by atoms with Crippen molar-refractivity contribution < 1.29 is 166 Å². The molecule has 200 valence electrons. The largest absolute Gasteiger partial charge is 1.00 e. The Morgan fingerprint density at radius 3 is 1.79 bits per heavy atom. The Kier molecular flexibility index (Phi) is 17.5. The fourth-order valence-electron chi connectivity index (χ4n) is 8.21. The van der Waals surface area contributed by atoms with E-state index in [2.05, 4.69) is 13.8 Å². The third-order valence-corrected chi connectivity index (χ3v) is 11.0. The summed E-state index contributed by atoms with van der Waals surface area (Å²) in [7, 11) is -9.91. The predicted molar refractivity (Wildman–Crippen MR) is 116 cm³/mol. The van der Waals surface area contributed by atoms with Crippen molar-refractivity contribution in [2.75, 3.05) is 12.3 Å². The van der Waals surface area contributed by atoms with Crippen LogP contribution in [0, 0.1) is 34.5 Å². The molecule has 0 aliphatic heterocycles. The maximum absolute atomic E-state index is 12.1. The molecule has 0 spiro atoms. The SMILES string of the molecule is C[C@]12CC[C@H](OC(=O)CP(=O)([O-])[O-])C[C@@H]1CC[C@@H]1[C@@H]2CC[C@]2(C)[C@@H](OC(=O)CP(=O)([O-])[O-])CC[C@@H]12.[Na+].[Na+].[Na+].[Na+]. The van der Waals surface area contributed by atoms with Crippen molar-refractivity contribution >= 4 is 27.1 Å². The molecule has 39 heavy (non-hydrogen) atoms. The van der Waals surface area contributed by atoms with E-state index in [0.29, 0.717) is 42.9 Å². The van der Waals surface area contributed by atoms with Crippen LogP contribution in [0.25, 0.3) is 0 Å². The summed E-state index contributed by atoms with van der Waals surface area (Å²) in [5.41, 5.74) is -0.181. The molecule has 4 rings (SSSR count). The van der Waals surface area contributed by atoms with Crippen LogP contribution in [0.1, 0.15) is 71.6 Å². The fourth-order valence-corrected chi connectivity index (χ4v) is 8.99. The summed E-state index contributed by atoms with van der Waals surface area (Å²) in [6.07, 6.45) is 4.52. The van der Waals surface area contributed by atoms with Crippen molar-refractivity contribution in [2.24, 2.45) is 34.5 Å². The van der Waals surface area contributed by atoms with Crippen molar-refractivity contribution in [1.82, 2.24) is 0 Å². The molecular formula is C23H34Na4O10P2. The molecule has 4 saturated carbocycles. The molecule has 4 aliphatic rings. The molecule has 4 aliphatic carbocycles. The second-order valence-electron chi connectivity index (χ2n) is 11.7. The minimum Gasteiger partial charge on any atom is -0.810 e. The summed E-state index contributed by atoms with van der Waals surface area (Å²) in [4.78, 5) is 67.6. The molecule has 0 aromatic carbocycles. The van der Waals surface area contributed by atoms with Gasteiger partial charge in [-0.3, -0.25) is 9.59 Å². The molecule has 0 heterocycles. The number of carbonyl (C=O) groups is 2. The number of hydrogen-bond acceptors (Lipinski definition) is 10. The van der Waals surface area contributed by atoms with Crippen LogP contribution in [-0.2, 0) is 28.2 Å². The van der Waals surface area contributed by atoms with Gasteiger partial charge in [0.05, 0.1) is 12.3 Å². The van der Waals surface area contributed by atoms with Gasteiger partial charge >= 0.3 is 130 Å². The minimum atomic E-state index is -4.96. The van der Waals surface area contributed by atoms with E-state index in [1.165, 1.54) is 0 Å². The van der Waals surface area contributed by atoms with Crippen molar-refractivity contribution in [2.45, 2.75) is 83.8 Å². The van der Waals surface area contributed by atoms with Crippen LogP contribution < -0.4 is 138 Å². The summed E-state index contributed by atoms with van der Waals surface area (Å²) in [6.45, 7) is 4.44. The van der Waals surface area contributed by atoms with Crippen LogP contribution in [0.15, 0.2) is 0 Å². The second kappa shape index (κ2) is 16.2. The molecule has 0 unspecified atom stereocenters. The van der Waals surface area contributed by atoms with E-state index in [0.717, 1.165) is 38.5 Å². The Hall–Kier alpha value is 3.24. The number of carbonyl (C=O) groups excluding carboxylic acids is 2. The van der Waals surface area contributed by atoms with Crippen molar-refractivity contribution in [3.05, 3.63) is 0 Å². The summed E-state index contributed by atoms with van der Waals surface area (Å²) < 4.78 is 32.7. The van der Waals surface area contributed by atoms with Gasteiger partial charge in [-0.2, -0.15) is 0 Å². The van der Waals surface area contributed by atoms with Gasteiger partial charge in [-0.05, 0) is 86.9 Å². The van der Waals surface area contributed by atoms with Crippen LogP contribution >= 0.6 is 15.2 Å². The van der Waals surface area contributed by atoms with Gasteiger partial charge in [0.25, 0.3) is 0 Å². The number of esters is 2. The maximum Gasteiger partial charge on any atom is 1.00 e. The molecule has 0 aromatic heterocycles. The third kappa shape index (κ3) is 10.1. The zero-order valence-corrected chi connectivity index (χ0v) is 34.0. The molecule has 4 fully saturated rings. The molecular weight excluding hydrogens is 590 g/mol. The van der Waals surface area contributed by atoms with Crippen LogP contribution in [0.2, 0.25) is 0 Å². The first kappa shape index (κ1) is 42.2. The minimum absolute atomic E-state index is 0. The van der Waals surface area contributed by atoms with Gasteiger partial charge in [0.1, 0.15) is 12.2 Å². The first-order chi connectivity index (χ1) is 16.1. The van der Waals surface area contributed by atoms with Crippen LogP contribution in [0.5, 0.6) is 0 Å². The molecule has 0 aromatic rings. The zero-order valence-electron chi connectivity index (χ0n) is 24.2. The first-order valence-corrected chi connectivity index (χ1v) is 16.0. The van der Waals surface area contributed by atoms with Crippen LogP contribution in [0.3, 0.4) is 0 Å². The molecule has 0 N–H and O–H groups in total. The van der Waals surface area contributed by atoms with E-state index < -0.39 is 39.5 Å². The second-order valence-corrected chi connectivity index (χ2v) is 14.8. The average Bonchev–Trinajstić information content (AvgIpc) is 3.01. The normalized spacial score (nSPS) is 37.1. The smallest absolute Gasteiger partial charge is 0.810 e. The van der Waals surface area contributed by atoms with Crippen molar-refractivity contribution in [3.63, 3.8) is 0 Å². The quantitative estimate of drug-likeness (QED) is 0.157. The number of rotatable bonds is 6. The molecule has 0 amide bonds. The van der Waals surface area contributed by atoms with Gasteiger partial charge < -0.3 is 38.2 Å². The molecule has 10 nitrogen and oxygen atoms in total. The average molecular weight is 624 g/mol. The van der Waals surface area contributed by atoms with E-state index in [9.17, 15) is 38.3 Å². The summed E-state index contributed by atoms with van der Waals surface area (Å²) in [5.74, 6) is -0.314. The molecule has 8 atom stereocenters. The zero-order chi connectivity index (χ0) is 25.8. The monoisotopic (exact) mass is 624 g/mol. The number of fused-ring (bicyclic) bond motifs is 5. The Bertz CT molecular complexity index is 961. The van der Waals surface area contributed by atoms with Gasteiger partial charge in [-0.1, -0.05) is 29.0 Å². The summed E-state index contributed by atoms with van der Waals surface area (Å²) in [5, 5.41) is 0. The fraction of sp³-hybridized carbons (Fsp3) is 0.913. The van der Waals surface area contributed by atoms with Gasteiger partial charge in [0.15, 0.2) is 0 Å². The van der Waals surface area contributed by atoms with E-state index in [1.807, 2.05) is 0 Å². The predicted octanol–water partition coefficient (Wildman–Crippen LogP) is -11.3. The Labute approximate surface area is 319 Å². The third-order valence-electron chi connectivity index (χ3n) is 9.75. The van der Waals surface area contributed by atoms with Crippen LogP contribution in [-0.4, -0.2) is 36.5 Å². The number of hydrogen-bond donors (Lipinski definition) is 0. The first-order valence-electron chi connectivity index (χ1n) is 12.5. The van der Waals surface area contributed by atoms with Crippen molar-refractivity contribution in [1.29, 1.82) is 0 Å². The molecule has 0 bridgehead atoms. The van der Waals surface area contributed by atoms with Crippen molar-refractivity contribution in [3.8, 4) is 0 Å². The standard InChI is InChI=1S/C23H38O10P2.4Na/c1-22-9-7-15(32-20(24)12-34(26,27)28)11-14(22)3-4-16-17-5-6-19(23(17,2)10-8-18(16)22)33-21(25)13-35(29,30)31;;;;/h14-19H,3-13H2,1-2H3,(H2,26,27,28)(H2,29,30,31);;;;/q;4*+1/p-4/t14-,15-,16-,17-,18-,19-,22-,23-;;;;/m0..../s1. The van der Waals surface area contributed by atoms with Crippen LogP contribution in [0.4, 0.5) is 0 Å². The summed E-state index contributed by atoms with van der Waals surface area (Å²) in [6, 6.07) is 0. The molecule has 16 heteroatoms. The topological polar surface area (TPSA) is 179 Å². The van der Waals surface area contributed by atoms with Gasteiger partial charge in [-0.25, -0.2) is 0 Å². The Morgan fingerprint density at radius 2 is 1.23 bits per heavy atom. The molecule has 0 saturated heterocycles. The van der Waals surface area contributed by atoms with Gasteiger partial charge in [-0.15, -0.1) is 0 Å². The van der Waals surface area contributed by atoms with Gasteiger partial charge in [0.2, 0.25) is 0 Å². The van der Waals surface area contributed by atoms with E-state index in [4.69, 9.17) is 9.47 Å². The Morgan fingerprint density at radius 1 is 0.718 bits per heavy atom. The Balaban J connectivity index is 0.00000361. The van der Waals surface area contributed by atoms with E-state index >= 15 is 0 Å². The van der Waals surface area contributed by atoms with Gasteiger partial charge in [0, 0.05) is 5.41 Å². The van der Waals surface area contributed by atoms with E-state index in [1.54, 1.807) is 0 Å². The molecule has 0 radical (unpaired) electrons. The maximum atomic E-state index is 12.1. The summed E-state index contributed by atoms with van der Waals surface area (Å²) >= 11 is 0. The number of ether oxygens (including phenoxy) is 2.